The van der Waals surface area contributed by atoms with Crippen molar-refractivity contribution in [1.29, 1.82) is 0 Å². The van der Waals surface area contributed by atoms with Crippen LogP contribution in [-0.2, 0) is 0 Å². The van der Waals surface area contributed by atoms with Gasteiger partial charge in [0.25, 0.3) is 0 Å². The third-order valence-corrected chi connectivity index (χ3v) is 5.63. The highest BCUT2D eigenvalue weighted by Crippen LogP contribution is 2.32. The fraction of sp³-hybridized carbons (Fsp3) is 0.632. The van der Waals surface area contributed by atoms with Gasteiger partial charge in [0.15, 0.2) is 5.52 Å². The van der Waals surface area contributed by atoms with Crippen LogP contribution in [0.2, 0.25) is 0 Å². The monoisotopic (exact) mass is 306 g/mol. The summed E-state index contributed by atoms with van der Waals surface area (Å²) in [6, 6.07) is 2.15. The summed E-state index contributed by atoms with van der Waals surface area (Å²) in [4.78, 5) is 12.6. The van der Waals surface area contributed by atoms with Crippen molar-refractivity contribution in [2.75, 3.05) is 6.16 Å². The molecule has 21 heavy (non-hydrogen) atoms. The van der Waals surface area contributed by atoms with Crippen molar-refractivity contribution < 1.29 is 4.79 Å². The number of benzene rings is 1. The smallest absolute Gasteiger partial charge is 0.181 e. The highest BCUT2D eigenvalue weighted by molar-refractivity contribution is 7.58. The van der Waals surface area contributed by atoms with Crippen LogP contribution in [0.25, 0.3) is 0 Å². The molecule has 0 heterocycles. The van der Waals surface area contributed by atoms with Crippen molar-refractivity contribution in [2.45, 2.75) is 61.8 Å². The van der Waals surface area contributed by atoms with E-state index in [9.17, 15) is 4.79 Å². The molecule has 0 fully saturated rings. The van der Waals surface area contributed by atoms with Crippen molar-refractivity contribution in [3.8, 4) is 0 Å². The minimum atomic E-state index is 0.342. The highest BCUT2D eigenvalue weighted by atomic mass is 31.1. The first kappa shape index (κ1) is 18.4. The van der Waals surface area contributed by atoms with E-state index in [1.165, 1.54) is 23.1 Å². The van der Waals surface area contributed by atoms with Crippen molar-refractivity contribution >= 4 is 14.1 Å². The van der Waals surface area contributed by atoms with Gasteiger partial charge in [-0.3, -0.25) is 4.79 Å². The number of hydrogen-bond donors (Lipinski definition) is 0. The van der Waals surface area contributed by atoms with Crippen LogP contribution >= 0.6 is 8.58 Å². The molecule has 0 amide bonds. The molecule has 2 atom stereocenters. The molecule has 2 unspecified atom stereocenters. The first-order chi connectivity index (χ1) is 9.53. The zero-order valence-electron chi connectivity index (χ0n) is 15.0. The summed E-state index contributed by atoms with van der Waals surface area (Å²) in [5.74, 6) is 0.611. The van der Waals surface area contributed by atoms with Crippen LogP contribution in [0.3, 0.4) is 0 Å². The fourth-order valence-corrected chi connectivity index (χ4v) is 4.35. The molecule has 0 aliphatic rings. The molecule has 0 radical (unpaired) electrons. The van der Waals surface area contributed by atoms with Gasteiger partial charge in [0.2, 0.25) is 0 Å². The molecular weight excluding hydrogens is 275 g/mol. The van der Waals surface area contributed by atoms with Gasteiger partial charge in [0.05, 0.1) is 0 Å². The molecule has 0 aliphatic carbocycles. The number of carbonyl (C=O) groups excluding carboxylic acids is 1. The van der Waals surface area contributed by atoms with Crippen LogP contribution in [-0.4, -0.2) is 11.7 Å². The Balaban J connectivity index is 2.80. The van der Waals surface area contributed by atoms with E-state index < -0.39 is 0 Å². The lowest BCUT2D eigenvalue weighted by Crippen LogP contribution is -2.13. The standard InChI is InChI=1S/C19H31OP/c1-12(10-19(6,7)8)11-21-18(20)17-14(3)9-13(2)15(4)16(17)5/h9,12,21H,10-11H2,1-8H3. The second-order valence-electron chi connectivity index (χ2n) is 7.72. The second-order valence-corrected chi connectivity index (χ2v) is 8.93. The summed E-state index contributed by atoms with van der Waals surface area (Å²) >= 11 is 0. The third-order valence-electron chi connectivity index (χ3n) is 4.16. The first-order valence-corrected chi connectivity index (χ1v) is 9.09. The topological polar surface area (TPSA) is 17.1 Å². The normalized spacial score (nSPS) is 13.9. The molecule has 0 aliphatic heterocycles. The Hall–Kier alpha value is -0.680. The van der Waals surface area contributed by atoms with Gasteiger partial charge in [-0.15, -0.1) is 0 Å². The zero-order chi connectivity index (χ0) is 16.4. The van der Waals surface area contributed by atoms with E-state index in [1.807, 2.05) is 0 Å². The third kappa shape index (κ3) is 5.22. The lowest BCUT2D eigenvalue weighted by Gasteiger charge is -2.23. The van der Waals surface area contributed by atoms with Crippen molar-refractivity contribution in [1.82, 2.24) is 0 Å². The fourth-order valence-electron chi connectivity index (χ4n) is 3.11. The maximum absolute atomic E-state index is 12.6. The molecule has 0 bridgehead atoms. The van der Waals surface area contributed by atoms with Gasteiger partial charge < -0.3 is 0 Å². The zero-order valence-corrected chi connectivity index (χ0v) is 16.0. The van der Waals surface area contributed by atoms with Crippen LogP contribution in [0.4, 0.5) is 0 Å². The Morgan fingerprint density at radius 2 is 1.67 bits per heavy atom. The van der Waals surface area contributed by atoms with Gasteiger partial charge >= 0.3 is 0 Å². The molecule has 1 aromatic carbocycles. The minimum absolute atomic E-state index is 0.342. The average Bonchev–Trinajstić information content (AvgIpc) is 2.31. The highest BCUT2D eigenvalue weighted by Gasteiger charge is 2.19. The Bertz CT molecular complexity index is 523. The Morgan fingerprint density at radius 1 is 1.10 bits per heavy atom. The summed E-state index contributed by atoms with van der Waals surface area (Å²) in [5, 5.41) is 0. The average molecular weight is 306 g/mol. The van der Waals surface area contributed by atoms with Gasteiger partial charge in [0, 0.05) is 5.56 Å². The van der Waals surface area contributed by atoms with Gasteiger partial charge in [-0.25, -0.2) is 0 Å². The Labute approximate surface area is 132 Å². The summed E-state index contributed by atoms with van der Waals surface area (Å²) in [7, 11) is 0.397. The van der Waals surface area contributed by atoms with E-state index in [0.717, 1.165) is 17.3 Å². The Kier molecular flexibility index (Phi) is 6.17. The summed E-state index contributed by atoms with van der Waals surface area (Å²) < 4.78 is 0. The van der Waals surface area contributed by atoms with Crippen LogP contribution < -0.4 is 0 Å². The molecule has 0 saturated carbocycles. The van der Waals surface area contributed by atoms with Gasteiger partial charge in [-0.2, -0.15) is 0 Å². The van der Waals surface area contributed by atoms with E-state index in [1.54, 1.807) is 0 Å². The molecular formula is C19H31OP. The van der Waals surface area contributed by atoms with Crippen LogP contribution in [0.1, 0.15) is 66.7 Å². The van der Waals surface area contributed by atoms with E-state index in [4.69, 9.17) is 0 Å². The van der Waals surface area contributed by atoms with Crippen LogP contribution in [0.5, 0.6) is 0 Å². The molecule has 1 nitrogen and oxygen atoms in total. The van der Waals surface area contributed by atoms with E-state index in [0.29, 0.717) is 25.4 Å². The molecule has 1 aromatic rings. The summed E-state index contributed by atoms with van der Waals surface area (Å²) in [6.07, 6.45) is 2.19. The number of hydrogen-bond acceptors (Lipinski definition) is 1. The predicted octanol–water partition coefficient (Wildman–Crippen LogP) is 5.81. The van der Waals surface area contributed by atoms with Gasteiger partial charge in [0.1, 0.15) is 0 Å². The van der Waals surface area contributed by atoms with Crippen molar-refractivity contribution in [2.24, 2.45) is 11.3 Å². The lowest BCUT2D eigenvalue weighted by atomic mass is 9.86. The SMILES string of the molecule is Cc1cc(C)c(C(=O)PCC(C)CC(C)(C)C)c(C)c1C. The van der Waals surface area contributed by atoms with E-state index in [-0.39, 0.29) is 0 Å². The first-order valence-electron chi connectivity index (χ1n) is 7.88. The van der Waals surface area contributed by atoms with Crippen LogP contribution in [0.15, 0.2) is 6.07 Å². The molecule has 1 rings (SSSR count). The molecule has 118 valence electrons. The molecule has 2 heteroatoms. The van der Waals surface area contributed by atoms with Crippen molar-refractivity contribution in [3.63, 3.8) is 0 Å². The molecule has 0 saturated heterocycles. The maximum Gasteiger partial charge on any atom is 0.181 e. The number of aryl methyl sites for hydroxylation is 2. The molecule has 0 spiro atoms. The van der Waals surface area contributed by atoms with E-state index >= 15 is 0 Å². The molecule has 0 aromatic heterocycles. The van der Waals surface area contributed by atoms with Gasteiger partial charge in [-0.05, 0) is 82.4 Å². The second kappa shape index (κ2) is 7.05. The van der Waals surface area contributed by atoms with E-state index in [2.05, 4.69) is 61.5 Å². The predicted molar refractivity (Wildman–Crippen MR) is 96.1 cm³/mol. The summed E-state index contributed by atoms with van der Waals surface area (Å²) in [6.45, 7) is 17.5. The van der Waals surface area contributed by atoms with Crippen molar-refractivity contribution in [3.05, 3.63) is 33.9 Å². The Morgan fingerprint density at radius 3 is 2.19 bits per heavy atom. The molecule has 0 N–H and O–H groups in total. The largest absolute Gasteiger partial charge is 0.289 e. The van der Waals surface area contributed by atoms with Gasteiger partial charge in [-0.1, -0.05) is 33.8 Å². The summed E-state index contributed by atoms with van der Waals surface area (Å²) in [5.41, 5.74) is 6.51. The lowest BCUT2D eigenvalue weighted by molar-refractivity contribution is 0.108. The number of carbonyl (C=O) groups is 1. The minimum Gasteiger partial charge on any atom is -0.289 e. The maximum atomic E-state index is 12.6. The van der Waals surface area contributed by atoms with Crippen LogP contribution in [0, 0.1) is 39.0 Å². The quantitative estimate of drug-likeness (QED) is 0.627. The number of rotatable bonds is 5.